The van der Waals surface area contributed by atoms with Crippen molar-refractivity contribution < 1.29 is 18.7 Å². The SMILES string of the molecule is O=C(NC[C@@H]1C[C@@H]2C[C@@H]2N1C(=O)c1nc(C2CC2)sc1-c1ccc(F)cc1)c1cccc2c1CCO2. The number of nitrogens with zero attached hydrogens (tertiary/aromatic N) is 2. The minimum Gasteiger partial charge on any atom is -0.493 e. The highest BCUT2D eigenvalue weighted by Gasteiger charge is 2.54. The van der Waals surface area contributed by atoms with Crippen LogP contribution < -0.4 is 10.1 Å². The van der Waals surface area contributed by atoms with E-state index in [1.54, 1.807) is 23.5 Å². The molecular weight excluding hydrogens is 477 g/mol. The van der Waals surface area contributed by atoms with Crippen molar-refractivity contribution in [3.8, 4) is 16.2 Å². The number of piperidine rings is 1. The summed E-state index contributed by atoms with van der Waals surface area (Å²) in [6, 6.07) is 12.0. The number of halogens is 1. The Bertz CT molecular complexity index is 1370. The number of fused-ring (bicyclic) bond motifs is 2. The van der Waals surface area contributed by atoms with Gasteiger partial charge in [0.05, 0.1) is 22.5 Å². The monoisotopic (exact) mass is 503 g/mol. The molecule has 1 N–H and O–H groups in total. The zero-order valence-electron chi connectivity index (χ0n) is 19.7. The van der Waals surface area contributed by atoms with Crippen molar-refractivity contribution in [1.29, 1.82) is 0 Å². The van der Waals surface area contributed by atoms with Gasteiger partial charge in [-0.25, -0.2) is 9.37 Å². The Morgan fingerprint density at radius 3 is 2.78 bits per heavy atom. The van der Waals surface area contributed by atoms with Crippen molar-refractivity contribution in [2.75, 3.05) is 13.2 Å². The molecule has 0 unspecified atom stereocenters. The lowest BCUT2D eigenvalue weighted by Gasteiger charge is -2.27. The van der Waals surface area contributed by atoms with E-state index in [0.29, 0.717) is 36.2 Å². The van der Waals surface area contributed by atoms with Gasteiger partial charge in [0.25, 0.3) is 11.8 Å². The van der Waals surface area contributed by atoms with Crippen LogP contribution in [-0.4, -0.2) is 46.9 Å². The Morgan fingerprint density at radius 2 is 1.97 bits per heavy atom. The second-order valence-electron chi connectivity index (χ2n) is 10.3. The standard InChI is InChI=1S/C28H26FN3O3S/c29-18-8-6-15(7-9-18)25-24(31-27(36-25)16-4-5-16)28(34)32-19(12-17-13-22(17)32)14-30-26(33)21-2-1-3-23-20(21)10-11-35-23/h1-3,6-9,16-17,19,22H,4-5,10-14H2,(H,30,33)/t17-,19+,22+/m1/s1. The van der Waals surface area contributed by atoms with Crippen LogP contribution >= 0.6 is 11.3 Å². The quantitative estimate of drug-likeness (QED) is 0.525. The molecule has 3 aromatic rings. The van der Waals surface area contributed by atoms with E-state index in [9.17, 15) is 14.0 Å². The maximum absolute atomic E-state index is 13.9. The summed E-state index contributed by atoms with van der Waals surface area (Å²) in [5.74, 6) is 1.20. The summed E-state index contributed by atoms with van der Waals surface area (Å²) in [4.78, 5) is 34.6. The van der Waals surface area contributed by atoms with E-state index in [4.69, 9.17) is 9.72 Å². The largest absolute Gasteiger partial charge is 0.493 e. The van der Waals surface area contributed by atoms with Crippen LogP contribution in [0.5, 0.6) is 5.75 Å². The molecule has 2 saturated carbocycles. The Balaban J connectivity index is 1.13. The Labute approximate surface area is 212 Å². The van der Waals surface area contributed by atoms with Crippen molar-refractivity contribution in [3.05, 3.63) is 70.1 Å². The van der Waals surface area contributed by atoms with Gasteiger partial charge in [0.1, 0.15) is 17.3 Å². The predicted molar refractivity (Wildman–Crippen MR) is 134 cm³/mol. The van der Waals surface area contributed by atoms with Gasteiger partial charge in [-0.15, -0.1) is 11.3 Å². The van der Waals surface area contributed by atoms with Gasteiger partial charge in [0, 0.05) is 36.1 Å². The predicted octanol–water partition coefficient (Wildman–Crippen LogP) is 4.79. The lowest BCUT2D eigenvalue weighted by atomic mass is 10.0. The summed E-state index contributed by atoms with van der Waals surface area (Å²) in [7, 11) is 0. The molecule has 3 atom stereocenters. The van der Waals surface area contributed by atoms with Gasteiger partial charge in [-0.1, -0.05) is 18.2 Å². The lowest BCUT2D eigenvalue weighted by molar-refractivity contribution is 0.0684. The minimum atomic E-state index is -0.301. The van der Waals surface area contributed by atoms with Gasteiger partial charge in [-0.3, -0.25) is 9.59 Å². The number of likely N-dealkylation sites (tertiary alicyclic amines) is 1. The third-order valence-electron chi connectivity index (χ3n) is 7.81. The van der Waals surface area contributed by atoms with E-state index in [2.05, 4.69) is 5.32 Å². The first-order valence-corrected chi connectivity index (χ1v) is 13.5. The molecule has 2 aliphatic carbocycles. The van der Waals surface area contributed by atoms with Crippen LogP contribution in [0.1, 0.15) is 63.0 Å². The average Bonchev–Trinajstić information content (AvgIpc) is 3.73. The second-order valence-corrected chi connectivity index (χ2v) is 11.3. The van der Waals surface area contributed by atoms with Crippen LogP contribution in [0.2, 0.25) is 0 Å². The summed E-state index contributed by atoms with van der Waals surface area (Å²) >= 11 is 1.56. The highest BCUT2D eigenvalue weighted by Crippen LogP contribution is 2.50. The summed E-state index contributed by atoms with van der Waals surface area (Å²) < 4.78 is 19.2. The van der Waals surface area contributed by atoms with Crippen LogP contribution in [-0.2, 0) is 6.42 Å². The van der Waals surface area contributed by atoms with Crippen LogP contribution in [0.4, 0.5) is 4.39 Å². The van der Waals surface area contributed by atoms with Gasteiger partial charge in [-0.2, -0.15) is 0 Å². The first-order valence-electron chi connectivity index (χ1n) is 12.7. The number of thiazole rings is 1. The zero-order chi connectivity index (χ0) is 24.4. The maximum atomic E-state index is 13.9. The highest BCUT2D eigenvalue weighted by molar-refractivity contribution is 7.15. The number of carbonyl (C=O) groups is 2. The number of aromatic nitrogens is 1. The number of hydrogen-bond acceptors (Lipinski definition) is 5. The van der Waals surface area contributed by atoms with Gasteiger partial charge >= 0.3 is 0 Å². The number of carbonyl (C=O) groups excluding carboxylic acids is 2. The lowest BCUT2D eigenvalue weighted by Crippen LogP contribution is -2.45. The molecule has 2 aliphatic heterocycles. The number of amides is 2. The normalized spacial score (nSPS) is 23.7. The molecule has 2 amide bonds. The fraction of sp³-hybridized carbons (Fsp3) is 0.393. The van der Waals surface area contributed by atoms with Crippen molar-refractivity contribution in [1.82, 2.24) is 15.2 Å². The molecule has 6 nitrogen and oxygen atoms in total. The third kappa shape index (κ3) is 3.79. The highest BCUT2D eigenvalue weighted by atomic mass is 32.1. The Kier molecular flexibility index (Phi) is 5.13. The molecule has 8 heteroatoms. The van der Waals surface area contributed by atoms with E-state index in [0.717, 1.165) is 58.9 Å². The van der Waals surface area contributed by atoms with E-state index < -0.39 is 0 Å². The number of nitrogens with one attached hydrogen (secondary N) is 1. The molecule has 0 spiro atoms. The first-order chi connectivity index (χ1) is 17.6. The molecule has 3 heterocycles. The van der Waals surface area contributed by atoms with Crippen LogP contribution in [0.25, 0.3) is 10.4 Å². The maximum Gasteiger partial charge on any atom is 0.274 e. The summed E-state index contributed by atoms with van der Waals surface area (Å²) in [6.45, 7) is 1.01. The number of hydrogen-bond donors (Lipinski definition) is 1. The molecule has 36 heavy (non-hydrogen) atoms. The Morgan fingerprint density at radius 1 is 1.14 bits per heavy atom. The van der Waals surface area contributed by atoms with Gasteiger partial charge in [-0.05, 0) is 61.4 Å². The summed E-state index contributed by atoms with van der Waals surface area (Å²) in [6.07, 6.45) is 4.82. The number of benzene rings is 2. The van der Waals surface area contributed by atoms with E-state index in [1.807, 2.05) is 23.1 Å². The number of ether oxygens (including phenoxy) is 1. The van der Waals surface area contributed by atoms with Gasteiger partial charge < -0.3 is 15.0 Å². The molecule has 0 bridgehead atoms. The molecule has 3 fully saturated rings. The zero-order valence-corrected chi connectivity index (χ0v) is 20.5. The summed E-state index contributed by atoms with van der Waals surface area (Å²) in [5.41, 5.74) is 2.89. The molecule has 7 rings (SSSR count). The first kappa shape index (κ1) is 22.0. The Hall–Kier alpha value is -3.26. The van der Waals surface area contributed by atoms with E-state index in [1.165, 1.54) is 12.1 Å². The molecule has 0 radical (unpaired) electrons. The molecule has 1 saturated heterocycles. The van der Waals surface area contributed by atoms with Crippen molar-refractivity contribution in [2.24, 2.45) is 5.92 Å². The fourth-order valence-corrected chi connectivity index (χ4v) is 6.94. The van der Waals surface area contributed by atoms with E-state index in [-0.39, 0.29) is 29.7 Å². The minimum absolute atomic E-state index is 0.0645. The van der Waals surface area contributed by atoms with Gasteiger partial charge in [0.2, 0.25) is 0 Å². The number of rotatable bonds is 6. The van der Waals surface area contributed by atoms with E-state index >= 15 is 0 Å². The van der Waals surface area contributed by atoms with Crippen LogP contribution in [0.15, 0.2) is 42.5 Å². The molecule has 1 aromatic heterocycles. The fourth-order valence-electron chi connectivity index (χ4n) is 5.70. The third-order valence-corrected chi connectivity index (χ3v) is 9.08. The van der Waals surface area contributed by atoms with Crippen molar-refractivity contribution in [3.63, 3.8) is 0 Å². The van der Waals surface area contributed by atoms with Crippen LogP contribution in [0, 0.1) is 11.7 Å². The van der Waals surface area contributed by atoms with Crippen molar-refractivity contribution >= 4 is 23.2 Å². The van der Waals surface area contributed by atoms with Gasteiger partial charge in [0.15, 0.2) is 0 Å². The average molecular weight is 504 g/mol. The van der Waals surface area contributed by atoms with Crippen molar-refractivity contribution in [2.45, 2.75) is 50.1 Å². The molecule has 184 valence electrons. The van der Waals surface area contributed by atoms with Crippen LogP contribution in [0.3, 0.4) is 0 Å². The molecular formula is C28H26FN3O3S. The molecule has 4 aliphatic rings. The topological polar surface area (TPSA) is 71.5 Å². The smallest absolute Gasteiger partial charge is 0.274 e. The summed E-state index contributed by atoms with van der Waals surface area (Å²) in [5, 5.41) is 4.08. The second kappa shape index (κ2) is 8.40. The molecule has 2 aromatic carbocycles.